The molecule has 0 fully saturated rings. The van der Waals surface area contributed by atoms with Gasteiger partial charge >= 0.3 is 0 Å². The van der Waals surface area contributed by atoms with Crippen molar-refractivity contribution in [2.24, 2.45) is 0 Å². The molecule has 0 atom stereocenters. The fraction of sp³-hybridized carbons (Fsp3) is 1.00. The molecular formula is C13H32Si2. The molecule has 0 aliphatic carbocycles. The van der Waals surface area contributed by atoms with Crippen molar-refractivity contribution in [2.45, 2.75) is 83.5 Å². The molecular weight excluding hydrogens is 212 g/mol. The Morgan fingerprint density at radius 1 is 0.467 bits per heavy atom. The Kier molecular flexibility index (Phi) is 7.10. The van der Waals surface area contributed by atoms with Crippen LogP contribution in [0.15, 0.2) is 0 Å². The van der Waals surface area contributed by atoms with E-state index >= 15 is 0 Å². The quantitative estimate of drug-likeness (QED) is 0.492. The SMILES string of the molecule is CC[Si](CC)(CC)C[Si](CC)(CC)CC. The van der Waals surface area contributed by atoms with Crippen LogP contribution < -0.4 is 0 Å². The summed E-state index contributed by atoms with van der Waals surface area (Å²) in [6.45, 7) is 14.7. The van der Waals surface area contributed by atoms with Gasteiger partial charge in [0.15, 0.2) is 0 Å². The normalized spacial score (nSPS) is 13.2. The average Bonchev–Trinajstić information content (AvgIpc) is 2.33. The minimum Gasteiger partial charge on any atom is -0.0678 e. The highest BCUT2D eigenvalue weighted by atomic mass is 28.4. The Morgan fingerprint density at radius 2 is 0.667 bits per heavy atom. The molecule has 0 saturated carbocycles. The highest BCUT2D eigenvalue weighted by molar-refractivity contribution is 6.97. The zero-order valence-electron chi connectivity index (χ0n) is 11.9. The Bertz CT molecular complexity index is 123. The third-order valence-corrected chi connectivity index (χ3v) is 20.2. The highest BCUT2D eigenvalue weighted by Gasteiger charge is 2.37. The molecule has 0 aliphatic heterocycles. The Balaban J connectivity index is 4.74. The molecule has 15 heavy (non-hydrogen) atoms. The minimum absolute atomic E-state index is 0.854. The largest absolute Gasteiger partial charge is 0.0678 e. The topological polar surface area (TPSA) is 0 Å². The van der Waals surface area contributed by atoms with Crippen LogP contribution >= 0.6 is 0 Å². The second-order valence-corrected chi connectivity index (χ2v) is 17.0. The zero-order valence-corrected chi connectivity index (χ0v) is 13.9. The maximum Gasteiger partial charge on any atom is 0.0501 e. The lowest BCUT2D eigenvalue weighted by Crippen LogP contribution is -2.45. The van der Waals surface area contributed by atoms with Crippen LogP contribution in [0.2, 0.25) is 41.9 Å². The van der Waals surface area contributed by atoms with E-state index in [0.29, 0.717) is 0 Å². The predicted octanol–water partition coefficient (Wildman–Crippen LogP) is 5.54. The van der Waals surface area contributed by atoms with E-state index < -0.39 is 16.1 Å². The highest BCUT2D eigenvalue weighted by Crippen LogP contribution is 2.35. The van der Waals surface area contributed by atoms with Gasteiger partial charge in [0.25, 0.3) is 0 Å². The molecule has 0 bridgehead atoms. The van der Waals surface area contributed by atoms with Gasteiger partial charge in [-0.1, -0.05) is 83.5 Å². The van der Waals surface area contributed by atoms with Crippen LogP contribution in [0.25, 0.3) is 0 Å². The molecule has 0 rings (SSSR count). The molecule has 0 aliphatic rings. The molecule has 0 radical (unpaired) electrons. The second kappa shape index (κ2) is 6.90. The lowest BCUT2D eigenvalue weighted by molar-refractivity contribution is 1.10. The second-order valence-electron chi connectivity index (χ2n) is 5.30. The van der Waals surface area contributed by atoms with Gasteiger partial charge in [-0.3, -0.25) is 0 Å². The number of rotatable bonds is 8. The van der Waals surface area contributed by atoms with Crippen LogP contribution in [0.3, 0.4) is 0 Å². The minimum atomic E-state index is -0.854. The maximum atomic E-state index is 2.46. The molecule has 0 amide bonds. The van der Waals surface area contributed by atoms with Crippen LogP contribution in [0, 0.1) is 0 Å². The number of hydrogen-bond donors (Lipinski definition) is 0. The van der Waals surface area contributed by atoms with Crippen molar-refractivity contribution in [3.63, 3.8) is 0 Å². The van der Waals surface area contributed by atoms with Crippen LogP contribution in [0.4, 0.5) is 0 Å². The van der Waals surface area contributed by atoms with Crippen molar-refractivity contribution in [2.75, 3.05) is 0 Å². The van der Waals surface area contributed by atoms with Gasteiger partial charge in [0.2, 0.25) is 0 Å². The summed E-state index contributed by atoms with van der Waals surface area (Å²) in [6, 6.07) is 9.14. The van der Waals surface area contributed by atoms with Gasteiger partial charge in [0, 0.05) is 0 Å². The lowest BCUT2D eigenvalue weighted by Gasteiger charge is -2.39. The standard InChI is InChI=1S/C13H32Si2/c1-7-14(8-2,9-3)13-15(10-4,11-5)12-6/h7-13H2,1-6H3. The van der Waals surface area contributed by atoms with E-state index in [2.05, 4.69) is 41.5 Å². The van der Waals surface area contributed by atoms with E-state index in [0.717, 1.165) is 0 Å². The molecule has 0 aromatic carbocycles. The third kappa shape index (κ3) is 3.74. The van der Waals surface area contributed by atoms with Gasteiger partial charge in [-0.15, -0.1) is 0 Å². The molecule has 0 spiro atoms. The summed E-state index contributed by atoms with van der Waals surface area (Å²) < 4.78 is 0. The van der Waals surface area contributed by atoms with Crippen LogP contribution in [0.1, 0.15) is 41.5 Å². The summed E-state index contributed by atoms with van der Waals surface area (Å²) in [4.78, 5) is 0. The smallest absolute Gasteiger partial charge is 0.0501 e. The fourth-order valence-electron chi connectivity index (χ4n) is 3.05. The van der Waals surface area contributed by atoms with Crippen molar-refractivity contribution >= 4 is 16.1 Å². The van der Waals surface area contributed by atoms with E-state index in [1.165, 1.54) is 36.3 Å². The van der Waals surface area contributed by atoms with E-state index in [4.69, 9.17) is 0 Å². The Labute approximate surface area is 99.9 Å². The van der Waals surface area contributed by atoms with Gasteiger partial charge in [-0.05, 0) is 0 Å². The first-order valence-corrected chi connectivity index (χ1v) is 12.7. The third-order valence-electron chi connectivity index (χ3n) is 5.25. The molecule has 0 nitrogen and oxygen atoms in total. The molecule has 0 unspecified atom stereocenters. The summed E-state index contributed by atoms with van der Waals surface area (Å²) in [5.74, 6) is 0. The monoisotopic (exact) mass is 244 g/mol. The molecule has 2 heteroatoms. The fourth-order valence-corrected chi connectivity index (χ4v) is 18.4. The van der Waals surface area contributed by atoms with E-state index in [9.17, 15) is 0 Å². The maximum absolute atomic E-state index is 2.46. The van der Waals surface area contributed by atoms with Crippen molar-refractivity contribution in [1.82, 2.24) is 0 Å². The van der Waals surface area contributed by atoms with Crippen molar-refractivity contribution < 1.29 is 0 Å². The van der Waals surface area contributed by atoms with Gasteiger partial charge in [-0.25, -0.2) is 0 Å². The van der Waals surface area contributed by atoms with Crippen LogP contribution in [0.5, 0.6) is 0 Å². The molecule has 0 aromatic heterocycles. The van der Waals surface area contributed by atoms with Crippen LogP contribution in [-0.2, 0) is 0 Å². The summed E-state index contributed by atoms with van der Waals surface area (Å²) in [6.07, 6.45) is 0. The van der Waals surface area contributed by atoms with Crippen molar-refractivity contribution in [1.29, 1.82) is 0 Å². The van der Waals surface area contributed by atoms with E-state index in [1.807, 2.05) is 0 Å². The molecule has 92 valence electrons. The van der Waals surface area contributed by atoms with Gasteiger partial charge in [0.1, 0.15) is 0 Å². The summed E-state index contributed by atoms with van der Waals surface area (Å²) >= 11 is 0. The molecule has 0 N–H and O–H groups in total. The van der Waals surface area contributed by atoms with Crippen LogP contribution in [-0.4, -0.2) is 16.1 Å². The first kappa shape index (κ1) is 15.4. The van der Waals surface area contributed by atoms with Gasteiger partial charge < -0.3 is 0 Å². The predicted molar refractivity (Wildman–Crippen MR) is 79.2 cm³/mol. The molecule has 0 aromatic rings. The number of hydrogen-bond acceptors (Lipinski definition) is 0. The average molecular weight is 245 g/mol. The molecule has 0 heterocycles. The molecule has 0 saturated heterocycles. The Hall–Kier alpha value is 0.434. The Morgan fingerprint density at radius 3 is 0.800 bits per heavy atom. The van der Waals surface area contributed by atoms with Crippen molar-refractivity contribution in [3.8, 4) is 0 Å². The van der Waals surface area contributed by atoms with E-state index in [-0.39, 0.29) is 0 Å². The van der Waals surface area contributed by atoms with Crippen molar-refractivity contribution in [3.05, 3.63) is 0 Å². The summed E-state index contributed by atoms with van der Waals surface area (Å²) in [5, 5.41) is 0. The van der Waals surface area contributed by atoms with Gasteiger partial charge in [-0.2, -0.15) is 0 Å². The lowest BCUT2D eigenvalue weighted by atomic mass is 10.9. The first-order valence-electron chi connectivity index (χ1n) is 7.07. The summed E-state index contributed by atoms with van der Waals surface area (Å²) in [7, 11) is -1.71. The summed E-state index contributed by atoms with van der Waals surface area (Å²) in [5.41, 5.74) is 1.72. The van der Waals surface area contributed by atoms with E-state index in [1.54, 1.807) is 5.67 Å². The van der Waals surface area contributed by atoms with Gasteiger partial charge in [0.05, 0.1) is 16.1 Å². The first-order chi connectivity index (χ1) is 7.07. The zero-order chi connectivity index (χ0) is 11.9.